The fourth-order valence-electron chi connectivity index (χ4n) is 1.77. The van der Waals surface area contributed by atoms with Gasteiger partial charge in [0.05, 0.1) is 0 Å². The first-order chi connectivity index (χ1) is 7.35. The lowest BCUT2D eigenvalue weighted by Gasteiger charge is -2.32. The molecule has 1 heterocycles. The van der Waals surface area contributed by atoms with Crippen LogP contribution in [0.5, 0.6) is 0 Å². The Kier molecular flexibility index (Phi) is 4.53. The van der Waals surface area contributed by atoms with Gasteiger partial charge in [-0.3, -0.25) is 4.90 Å². The van der Waals surface area contributed by atoms with Crippen LogP contribution in [0.1, 0.15) is 36.6 Å². The summed E-state index contributed by atoms with van der Waals surface area (Å²) in [6.45, 7) is 10.6. The predicted molar refractivity (Wildman–Crippen MR) is 72.9 cm³/mol. The highest BCUT2D eigenvalue weighted by atomic mass is 32.1. The zero-order valence-electron chi connectivity index (χ0n) is 11.1. The zero-order chi connectivity index (χ0) is 12.3. The van der Waals surface area contributed by atoms with E-state index >= 15 is 0 Å². The normalized spacial score (nSPS) is 14.4. The van der Waals surface area contributed by atoms with Gasteiger partial charge in [0.1, 0.15) is 0 Å². The fraction of sp³-hybridized carbons (Fsp3) is 0.692. The summed E-state index contributed by atoms with van der Waals surface area (Å²) in [6, 6.07) is 4.90. The summed E-state index contributed by atoms with van der Waals surface area (Å²) in [5, 5.41) is 0. The monoisotopic (exact) mass is 240 g/mol. The van der Waals surface area contributed by atoms with Gasteiger partial charge >= 0.3 is 0 Å². The first kappa shape index (κ1) is 13.7. The quantitative estimate of drug-likeness (QED) is 0.857. The van der Waals surface area contributed by atoms with Crippen molar-refractivity contribution in [1.82, 2.24) is 4.90 Å². The third-order valence-electron chi connectivity index (χ3n) is 3.06. The van der Waals surface area contributed by atoms with Gasteiger partial charge in [0, 0.05) is 22.3 Å². The third-order valence-corrected chi connectivity index (χ3v) is 4.24. The number of rotatable bonds is 5. The van der Waals surface area contributed by atoms with Crippen molar-refractivity contribution in [3.05, 3.63) is 21.9 Å². The van der Waals surface area contributed by atoms with Crippen LogP contribution in [0.2, 0.25) is 0 Å². The van der Waals surface area contributed by atoms with Crippen LogP contribution in [0.4, 0.5) is 0 Å². The van der Waals surface area contributed by atoms with Crippen molar-refractivity contribution in [3.8, 4) is 0 Å². The van der Waals surface area contributed by atoms with Crippen LogP contribution >= 0.6 is 11.3 Å². The van der Waals surface area contributed by atoms with Crippen molar-refractivity contribution < 1.29 is 0 Å². The van der Waals surface area contributed by atoms with Gasteiger partial charge in [-0.2, -0.15) is 0 Å². The highest BCUT2D eigenvalue weighted by Crippen LogP contribution is 2.28. The zero-order valence-corrected chi connectivity index (χ0v) is 11.9. The first-order valence-corrected chi connectivity index (χ1v) is 6.64. The van der Waals surface area contributed by atoms with Gasteiger partial charge in [-0.25, -0.2) is 0 Å². The molecule has 1 aromatic rings. The molecule has 16 heavy (non-hydrogen) atoms. The Balaban J connectivity index is 2.64. The molecule has 1 atom stereocenters. The minimum absolute atomic E-state index is 0.190. The predicted octanol–water partition coefficient (Wildman–Crippen LogP) is 3.03. The number of hydrogen-bond donors (Lipinski definition) is 1. The Morgan fingerprint density at radius 2 is 2.06 bits per heavy atom. The molecular weight excluding hydrogens is 216 g/mol. The van der Waals surface area contributed by atoms with Crippen LogP contribution < -0.4 is 5.73 Å². The maximum Gasteiger partial charge on any atom is 0.0410 e. The Morgan fingerprint density at radius 1 is 1.44 bits per heavy atom. The second-order valence-corrected chi connectivity index (χ2v) is 6.73. The second-order valence-electron chi connectivity index (χ2n) is 5.41. The molecule has 1 unspecified atom stereocenters. The van der Waals surface area contributed by atoms with E-state index in [2.05, 4.69) is 51.8 Å². The van der Waals surface area contributed by atoms with E-state index in [-0.39, 0.29) is 5.41 Å². The summed E-state index contributed by atoms with van der Waals surface area (Å²) < 4.78 is 0. The smallest absolute Gasteiger partial charge is 0.0410 e. The van der Waals surface area contributed by atoms with Gasteiger partial charge in [0.25, 0.3) is 0 Å². The molecule has 1 rings (SSSR count). The lowest BCUT2D eigenvalue weighted by Crippen LogP contribution is -2.37. The average molecular weight is 240 g/mol. The van der Waals surface area contributed by atoms with Gasteiger partial charge in [0.2, 0.25) is 0 Å². The molecule has 2 N–H and O–H groups in total. The maximum atomic E-state index is 5.77. The van der Waals surface area contributed by atoms with E-state index in [4.69, 9.17) is 5.73 Å². The summed E-state index contributed by atoms with van der Waals surface area (Å²) in [4.78, 5) is 5.21. The van der Waals surface area contributed by atoms with E-state index < -0.39 is 0 Å². The van der Waals surface area contributed by atoms with Crippen LogP contribution in [0.25, 0.3) is 0 Å². The van der Waals surface area contributed by atoms with Crippen LogP contribution in [0, 0.1) is 12.3 Å². The summed E-state index contributed by atoms with van der Waals surface area (Å²) in [7, 11) is 2.18. The maximum absolute atomic E-state index is 5.77. The molecule has 0 aliphatic rings. The van der Waals surface area contributed by atoms with Gasteiger partial charge in [0.15, 0.2) is 0 Å². The number of aryl methyl sites for hydroxylation is 1. The van der Waals surface area contributed by atoms with E-state index in [1.54, 1.807) is 0 Å². The van der Waals surface area contributed by atoms with Gasteiger partial charge in [-0.05, 0) is 45.0 Å². The highest BCUT2D eigenvalue weighted by Gasteiger charge is 2.22. The van der Waals surface area contributed by atoms with Crippen LogP contribution in [0.3, 0.4) is 0 Å². The van der Waals surface area contributed by atoms with Crippen LogP contribution in [0.15, 0.2) is 12.1 Å². The summed E-state index contributed by atoms with van der Waals surface area (Å²) in [5.74, 6) is 0. The highest BCUT2D eigenvalue weighted by molar-refractivity contribution is 7.12. The number of hydrogen-bond acceptors (Lipinski definition) is 3. The van der Waals surface area contributed by atoms with Gasteiger partial charge in [-0.15, -0.1) is 11.3 Å². The fourth-order valence-corrected chi connectivity index (χ4v) is 2.77. The van der Waals surface area contributed by atoms with Crippen LogP contribution in [-0.4, -0.2) is 25.0 Å². The molecule has 92 valence electrons. The van der Waals surface area contributed by atoms with E-state index in [1.165, 1.54) is 9.75 Å². The SMILES string of the molecule is Cc1ccc(C(C)N(C)CC(C)(C)CN)s1. The van der Waals surface area contributed by atoms with Gasteiger partial charge in [-0.1, -0.05) is 13.8 Å². The standard InChI is InChI=1S/C13H24N2S/c1-10-6-7-12(16-10)11(2)15(5)9-13(3,4)8-14/h6-7,11H,8-9,14H2,1-5H3. The van der Waals surface area contributed by atoms with Gasteiger partial charge < -0.3 is 5.73 Å². The molecule has 0 spiro atoms. The summed E-state index contributed by atoms with van der Waals surface area (Å²) in [6.07, 6.45) is 0. The Morgan fingerprint density at radius 3 is 2.50 bits per heavy atom. The molecular formula is C13H24N2S. The average Bonchev–Trinajstić information content (AvgIpc) is 2.63. The van der Waals surface area contributed by atoms with E-state index in [1.807, 2.05) is 11.3 Å². The molecule has 0 saturated heterocycles. The Bertz CT molecular complexity index is 330. The van der Waals surface area contributed by atoms with Crippen molar-refractivity contribution in [2.75, 3.05) is 20.1 Å². The lowest BCUT2D eigenvalue weighted by atomic mass is 9.93. The second kappa shape index (κ2) is 5.30. The van der Waals surface area contributed by atoms with Crippen molar-refractivity contribution in [2.45, 2.75) is 33.7 Å². The number of nitrogens with two attached hydrogens (primary N) is 1. The molecule has 0 aromatic carbocycles. The molecule has 0 fully saturated rings. The number of thiophene rings is 1. The van der Waals surface area contributed by atoms with E-state index in [9.17, 15) is 0 Å². The summed E-state index contributed by atoms with van der Waals surface area (Å²) in [5.41, 5.74) is 5.96. The van der Waals surface area contributed by atoms with Crippen molar-refractivity contribution in [3.63, 3.8) is 0 Å². The summed E-state index contributed by atoms with van der Waals surface area (Å²) >= 11 is 1.88. The minimum atomic E-state index is 0.190. The lowest BCUT2D eigenvalue weighted by molar-refractivity contribution is 0.176. The van der Waals surface area contributed by atoms with Crippen molar-refractivity contribution >= 4 is 11.3 Å². The molecule has 1 aromatic heterocycles. The molecule has 0 aliphatic carbocycles. The largest absolute Gasteiger partial charge is 0.330 e. The third kappa shape index (κ3) is 3.58. The molecule has 0 aliphatic heterocycles. The van der Waals surface area contributed by atoms with E-state index in [0.29, 0.717) is 6.04 Å². The minimum Gasteiger partial charge on any atom is -0.330 e. The van der Waals surface area contributed by atoms with Crippen LogP contribution in [-0.2, 0) is 0 Å². The molecule has 0 radical (unpaired) electrons. The van der Waals surface area contributed by atoms with Crippen molar-refractivity contribution in [1.29, 1.82) is 0 Å². The number of nitrogens with zero attached hydrogens (tertiary/aromatic N) is 1. The first-order valence-electron chi connectivity index (χ1n) is 5.82. The topological polar surface area (TPSA) is 29.3 Å². The molecule has 2 nitrogen and oxygen atoms in total. The molecule has 0 bridgehead atoms. The Hall–Kier alpha value is -0.380. The molecule has 0 saturated carbocycles. The molecule has 3 heteroatoms. The Labute approximate surface area is 103 Å². The van der Waals surface area contributed by atoms with E-state index in [0.717, 1.165) is 13.1 Å². The van der Waals surface area contributed by atoms with Crippen molar-refractivity contribution in [2.24, 2.45) is 11.1 Å². The molecule has 0 amide bonds.